The minimum Gasteiger partial charge on any atom is -0.484 e. The zero-order valence-electron chi connectivity index (χ0n) is 22.9. The Morgan fingerprint density at radius 2 is 2.02 bits per heavy atom. The first kappa shape index (κ1) is 25.7. The van der Waals surface area contributed by atoms with Crippen LogP contribution in [0.25, 0.3) is 33.2 Å². The summed E-state index contributed by atoms with van der Waals surface area (Å²) in [5, 5.41) is 13.1. The number of ether oxygens (including phenoxy) is 2. The summed E-state index contributed by atoms with van der Waals surface area (Å²) in [6.45, 7) is 2.81. The third kappa shape index (κ3) is 5.30. The molecule has 1 aliphatic carbocycles. The highest BCUT2D eigenvalue weighted by molar-refractivity contribution is 5.98. The molecule has 1 atom stereocenters. The molecule has 0 spiro atoms. The molecule has 1 aliphatic rings. The van der Waals surface area contributed by atoms with E-state index in [9.17, 15) is 4.79 Å². The van der Waals surface area contributed by atoms with E-state index in [4.69, 9.17) is 14.5 Å². The van der Waals surface area contributed by atoms with Gasteiger partial charge < -0.3 is 19.7 Å². The van der Waals surface area contributed by atoms with Crippen molar-refractivity contribution in [2.24, 2.45) is 7.05 Å². The molecule has 0 unspecified atom stereocenters. The Kier molecular flexibility index (Phi) is 6.76. The van der Waals surface area contributed by atoms with Gasteiger partial charge in [-0.3, -0.25) is 14.6 Å². The lowest BCUT2D eigenvalue weighted by Crippen LogP contribution is -2.23. The topological polar surface area (TPSA) is 125 Å². The monoisotopic (exact) mass is 541 g/mol. The number of benzene rings is 1. The average Bonchev–Trinajstić information content (AvgIpc) is 3.51. The summed E-state index contributed by atoms with van der Waals surface area (Å²) in [4.78, 5) is 28.8. The molecular weight excluding hydrogens is 510 g/mol. The predicted molar refractivity (Wildman–Crippen MR) is 150 cm³/mol. The molecule has 4 aromatic heterocycles. The van der Waals surface area contributed by atoms with Gasteiger partial charge in [0, 0.05) is 55.2 Å². The highest BCUT2D eigenvalue weighted by Gasteiger charge is 2.24. The van der Waals surface area contributed by atoms with Crippen LogP contribution in [-0.2, 0) is 11.8 Å². The molecule has 12 nitrogen and oxygen atoms in total. The molecule has 1 fully saturated rings. The van der Waals surface area contributed by atoms with Crippen molar-refractivity contribution in [3.8, 4) is 17.0 Å². The zero-order chi connectivity index (χ0) is 27.8. The van der Waals surface area contributed by atoms with Gasteiger partial charge in [0.05, 0.1) is 17.2 Å². The van der Waals surface area contributed by atoms with Crippen molar-refractivity contribution in [1.29, 1.82) is 0 Å². The molecule has 206 valence electrons. The molecule has 12 heteroatoms. The first-order valence-corrected chi connectivity index (χ1v) is 13.2. The van der Waals surface area contributed by atoms with Crippen LogP contribution in [0.15, 0.2) is 49.1 Å². The smallest absolute Gasteiger partial charge is 0.435 e. The van der Waals surface area contributed by atoms with E-state index in [0.717, 1.165) is 35.1 Å². The van der Waals surface area contributed by atoms with E-state index < -0.39 is 12.2 Å². The van der Waals surface area contributed by atoms with Crippen molar-refractivity contribution in [2.75, 3.05) is 32.6 Å². The average molecular weight is 542 g/mol. The van der Waals surface area contributed by atoms with Crippen molar-refractivity contribution < 1.29 is 14.3 Å². The fourth-order valence-corrected chi connectivity index (χ4v) is 4.49. The SMILES string of the molecule is C[C@@H](Oc1ccc2c(c1)c(-c1cnn(C)c1)nn2C(=O)OCCN(C)C)c1nc(NC2CC2)cc2nccnc12. The molecule has 0 saturated heterocycles. The summed E-state index contributed by atoms with van der Waals surface area (Å²) in [6.07, 6.45) is 8.21. The molecule has 5 aromatic rings. The van der Waals surface area contributed by atoms with Crippen LogP contribution in [0.2, 0.25) is 0 Å². The molecule has 1 N–H and O–H groups in total. The minimum absolute atomic E-state index is 0.257. The number of carbonyl (C=O) groups excluding carboxylic acids is 1. The summed E-state index contributed by atoms with van der Waals surface area (Å²) in [6, 6.07) is 7.88. The first-order chi connectivity index (χ1) is 19.4. The van der Waals surface area contributed by atoms with Crippen molar-refractivity contribution in [2.45, 2.75) is 31.9 Å². The lowest BCUT2D eigenvalue weighted by Gasteiger charge is -2.17. The van der Waals surface area contributed by atoms with Gasteiger partial charge in [-0.15, -0.1) is 0 Å². The number of hydrogen-bond acceptors (Lipinski definition) is 10. The van der Waals surface area contributed by atoms with E-state index in [0.29, 0.717) is 40.8 Å². The fraction of sp³-hybridized carbons (Fsp3) is 0.357. The third-order valence-corrected chi connectivity index (χ3v) is 6.68. The molecule has 6 rings (SSSR count). The Balaban J connectivity index is 1.34. The fourth-order valence-electron chi connectivity index (χ4n) is 4.49. The number of aryl methyl sites for hydroxylation is 1. The van der Waals surface area contributed by atoms with E-state index in [1.54, 1.807) is 23.3 Å². The molecule has 0 bridgehead atoms. The minimum atomic E-state index is -0.543. The number of aromatic nitrogens is 7. The lowest BCUT2D eigenvalue weighted by atomic mass is 10.1. The van der Waals surface area contributed by atoms with Gasteiger partial charge in [0.2, 0.25) is 0 Å². The van der Waals surface area contributed by atoms with E-state index in [2.05, 4.69) is 25.5 Å². The highest BCUT2D eigenvalue weighted by atomic mass is 16.6. The molecule has 0 radical (unpaired) electrons. The van der Waals surface area contributed by atoms with Crippen LogP contribution < -0.4 is 10.1 Å². The number of nitrogens with zero attached hydrogens (tertiary/aromatic N) is 8. The van der Waals surface area contributed by atoms with Crippen molar-refractivity contribution in [3.05, 3.63) is 54.7 Å². The molecule has 0 aliphatic heterocycles. The van der Waals surface area contributed by atoms with Crippen LogP contribution >= 0.6 is 0 Å². The molecule has 1 aromatic carbocycles. The van der Waals surface area contributed by atoms with E-state index in [1.807, 2.05) is 63.4 Å². The number of carbonyl (C=O) groups is 1. The number of fused-ring (bicyclic) bond motifs is 2. The second-order valence-corrected chi connectivity index (χ2v) is 10.3. The van der Waals surface area contributed by atoms with E-state index in [1.165, 1.54) is 4.68 Å². The van der Waals surface area contributed by atoms with Gasteiger partial charge in [0.1, 0.15) is 41.2 Å². The van der Waals surface area contributed by atoms with E-state index in [-0.39, 0.29) is 6.61 Å². The van der Waals surface area contributed by atoms with Crippen molar-refractivity contribution in [1.82, 2.24) is 39.4 Å². The highest BCUT2D eigenvalue weighted by Crippen LogP contribution is 2.34. The Morgan fingerprint density at radius 3 is 2.77 bits per heavy atom. The molecular formula is C28H31N9O3. The predicted octanol–water partition coefficient (Wildman–Crippen LogP) is 4.04. The Bertz CT molecular complexity index is 1690. The summed E-state index contributed by atoms with van der Waals surface area (Å²) < 4.78 is 14.9. The van der Waals surface area contributed by atoms with Crippen molar-refractivity contribution >= 4 is 33.8 Å². The largest absolute Gasteiger partial charge is 0.484 e. The number of hydrogen-bond donors (Lipinski definition) is 1. The van der Waals surface area contributed by atoms with Gasteiger partial charge in [-0.1, -0.05) is 0 Å². The maximum absolute atomic E-state index is 13.0. The quantitative estimate of drug-likeness (QED) is 0.292. The number of pyridine rings is 1. The normalized spacial score (nSPS) is 14.1. The second kappa shape index (κ2) is 10.5. The standard InChI is InChI=1S/C28H31N9O3/c1-17(25-27-22(29-9-10-30-27)14-24(33-25)32-19-5-6-19)40-20-7-8-23-21(13-20)26(18-15-31-36(4)16-18)34-37(23)28(38)39-12-11-35(2)3/h7-10,13-17,19H,5-6,11-12H2,1-4H3,(H,32,33)/t17-/m1/s1. The zero-order valence-corrected chi connectivity index (χ0v) is 22.9. The number of nitrogens with one attached hydrogen (secondary N) is 1. The van der Waals surface area contributed by atoms with Gasteiger partial charge in [-0.05, 0) is 52.1 Å². The van der Waals surface area contributed by atoms with E-state index >= 15 is 0 Å². The van der Waals surface area contributed by atoms with Gasteiger partial charge in [0.15, 0.2) is 0 Å². The van der Waals surface area contributed by atoms with Crippen molar-refractivity contribution in [3.63, 3.8) is 0 Å². The van der Waals surface area contributed by atoms with Crippen LogP contribution in [0, 0.1) is 0 Å². The Hall–Kier alpha value is -4.58. The molecule has 4 heterocycles. The lowest BCUT2D eigenvalue weighted by molar-refractivity contribution is 0.136. The van der Waals surface area contributed by atoms with Crippen LogP contribution in [0.1, 0.15) is 31.6 Å². The molecule has 0 amide bonds. The summed E-state index contributed by atoms with van der Waals surface area (Å²) in [5.74, 6) is 1.37. The Labute approximate surface area is 230 Å². The van der Waals surface area contributed by atoms with Crippen LogP contribution in [0.4, 0.5) is 10.6 Å². The maximum atomic E-state index is 13.0. The number of likely N-dealkylation sites (N-methyl/N-ethyl adjacent to an activating group) is 1. The Morgan fingerprint density at radius 1 is 1.20 bits per heavy atom. The first-order valence-electron chi connectivity index (χ1n) is 13.2. The summed E-state index contributed by atoms with van der Waals surface area (Å²) >= 11 is 0. The molecule has 1 saturated carbocycles. The third-order valence-electron chi connectivity index (χ3n) is 6.68. The van der Waals surface area contributed by atoms with Crippen LogP contribution in [0.5, 0.6) is 5.75 Å². The second-order valence-electron chi connectivity index (χ2n) is 10.3. The van der Waals surface area contributed by atoms with Gasteiger partial charge in [0.25, 0.3) is 0 Å². The number of rotatable bonds is 9. The van der Waals surface area contributed by atoms with Gasteiger partial charge in [-0.2, -0.15) is 14.9 Å². The summed E-state index contributed by atoms with van der Waals surface area (Å²) in [5.41, 5.74) is 4.15. The maximum Gasteiger partial charge on any atom is 0.435 e. The molecule has 40 heavy (non-hydrogen) atoms. The number of anilines is 1. The van der Waals surface area contributed by atoms with Crippen LogP contribution in [-0.4, -0.2) is 78.8 Å². The van der Waals surface area contributed by atoms with Gasteiger partial charge in [-0.25, -0.2) is 9.78 Å². The summed E-state index contributed by atoms with van der Waals surface area (Å²) in [7, 11) is 5.68. The van der Waals surface area contributed by atoms with Gasteiger partial charge >= 0.3 is 6.09 Å². The van der Waals surface area contributed by atoms with Crippen LogP contribution in [0.3, 0.4) is 0 Å².